The number of carbonyl (C=O) groups excluding carboxylic acids is 1. The third-order valence-electron chi connectivity index (χ3n) is 4.93. The highest BCUT2D eigenvalue weighted by atomic mass is 16.3. The van der Waals surface area contributed by atoms with Crippen LogP contribution < -0.4 is 0 Å². The van der Waals surface area contributed by atoms with E-state index in [4.69, 9.17) is 5.53 Å². The van der Waals surface area contributed by atoms with Crippen molar-refractivity contribution in [3.63, 3.8) is 0 Å². The van der Waals surface area contributed by atoms with Gasteiger partial charge in [0.2, 0.25) is 5.91 Å². The number of carbonyl (C=O) groups is 1. The Hall–Kier alpha value is -2.04. The molecule has 2 saturated heterocycles. The number of amides is 1. The van der Waals surface area contributed by atoms with Crippen LogP contribution in [0.4, 0.5) is 0 Å². The van der Waals surface area contributed by atoms with Crippen molar-refractivity contribution in [3.8, 4) is 0 Å². The summed E-state index contributed by atoms with van der Waals surface area (Å²) in [6, 6.07) is 9.70. The van der Waals surface area contributed by atoms with Gasteiger partial charge in [-0.2, -0.15) is 0 Å². The number of hydrogen-bond acceptors (Lipinski definition) is 3. The van der Waals surface area contributed by atoms with Crippen LogP contribution in [0.2, 0.25) is 0 Å². The lowest BCUT2D eigenvalue weighted by molar-refractivity contribution is -0.144. The third kappa shape index (κ3) is 2.45. The van der Waals surface area contributed by atoms with Gasteiger partial charge in [0.1, 0.15) is 5.54 Å². The Balaban J connectivity index is 1.93. The molecule has 6 heteroatoms. The molecule has 3 rings (SSSR count). The molecule has 3 atom stereocenters. The fraction of sp³-hybridized carbons (Fsp3) is 0.562. The predicted octanol–water partition coefficient (Wildman–Crippen LogP) is 2.42. The van der Waals surface area contributed by atoms with Crippen molar-refractivity contribution in [1.82, 2.24) is 4.90 Å². The molecule has 0 bridgehead atoms. The van der Waals surface area contributed by atoms with E-state index in [0.29, 0.717) is 12.8 Å². The van der Waals surface area contributed by atoms with Crippen molar-refractivity contribution in [2.45, 2.75) is 49.7 Å². The van der Waals surface area contributed by atoms with Gasteiger partial charge in [0.15, 0.2) is 0 Å². The summed E-state index contributed by atoms with van der Waals surface area (Å²) in [5, 5.41) is 13.4. The third-order valence-corrected chi connectivity index (χ3v) is 4.93. The Kier molecular flexibility index (Phi) is 4.05. The summed E-state index contributed by atoms with van der Waals surface area (Å²) in [6.45, 7) is -0.0279. The normalized spacial score (nSPS) is 30.8. The van der Waals surface area contributed by atoms with Crippen LogP contribution in [0, 0.1) is 0 Å². The lowest BCUT2D eigenvalue weighted by Crippen LogP contribution is -2.58. The van der Waals surface area contributed by atoms with Crippen molar-refractivity contribution in [2.24, 2.45) is 5.11 Å². The summed E-state index contributed by atoms with van der Waals surface area (Å²) in [7, 11) is 0. The molecule has 0 unspecified atom stereocenters. The molecule has 2 heterocycles. The summed E-state index contributed by atoms with van der Waals surface area (Å²) >= 11 is 0. The number of fused-ring (bicyclic) bond motifs is 1. The second kappa shape index (κ2) is 5.99. The van der Waals surface area contributed by atoms with Gasteiger partial charge in [0.05, 0.1) is 12.6 Å². The molecule has 116 valence electrons. The lowest BCUT2D eigenvalue weighted by atomic mass is 9.81. The number of azide groups is 1. The van der Waals surface area contributed by atoms with Crippen LogP contribution in [0.3, 0.4) is 0 Å². The Labute approximate surface area is 129 Å². The molecule has 0 aliphatic carbocycles. The first kappa shape index (κ1) is 14.9. The largest absolute Gasteiger partial charge is 0.394 e. The molecular formula is C16H20N4O2. The minimum Gasteiger partial charge on any atom is -0.394 e. The highest BCUT2D eigenvalue weighted by Gasteiger charge is 2.51. The number of benzene rings is 1. The van der Waals surface area contributed by atoms with Gasteiger partial charge < -0.3 is 10.0 Å². The maximum absolute atomic E-state index is 13.0. The number of aliphatic hydroxyl groups excluding tert-OH is 1. The highest BCUT2D eigenvalue weighted by molar-refractivity contribution is 5.88. The van der Waals surface area contributed by atoms with E-state index >= 15 is 0 Å². The summed E-state index contributed by atoms with van der Waals surface area (Å²) in [4.78, 5) is 17.8. The van der Waals surface area contributed by atoms with E-state index in [1.807, 2.05) is 30.3 Å². The molecule has 2 fully saturated rings. The Morgan fingerprint density at radius 3 is 2.77 bits per heavy atom. The first-order valence-electron chi connectivity index (χ1n) is 7.74. The number of piperidine rings is 1. The van der Waals surface area contributed by atoms with Crippen molar-refractivity contribution < 1.29 is 9.90 Å². The minimum absolute atomic E-state index is 0.0279. The molecular weight excluding hydrogens is 280 g/mol. The number of rotatable bonds is 4. The maximum Gasteiger partial charge on any atom is 0.235 e. The van der Waals surface area contributed by atoms with E-state index in [2.05, 4.69) is 10.0 Å². The lowest BCUT2D eigenvalue weighted by Gasteiger charge is -2.43. The van der Waals surface area contributed by atoms with Gasteiger partial charge in [-0.15, -0.1) is 0 Å². The Morgan fingerprint density at radius 2 is 2.09 bits per heavy atom. The molecule has 0 radical (unpaired) electrons. The van der Waals surface area contributed by atoms with E-state index in [1.54, 1.807) is 4.90 Å². The Morgan fingerprint density at radius 1 is 1.32 bits per heavy atom. The van der Waals surface area contributed by atoms with Crippen molar-refractivity contribution >= 4 is 5.91 Å². The molecule has 1 amide bonds. The topological polar surface area (TPSA) is 89.3 Å². The number of aliphatic hydroxyl groups is 1. The molecule has 2 aliphatic heterocycles. The molecule has 0 saturated carbocycles. The van der Waals surface area contributed by atoms with E-state index in [-0.39, 0.29) is 24.6 Å². The van der Waals surface area contributed by atoms with E-state index in [9.17, 15) is 9.90 Å². The molecule has 0 spiro atoms. The summed E-state index contributed by atoms with van der Waals surface area (Å²) in [6.07, 6.45) is 3.57. The van der Waals surface area contributed by atoms with Gasteiger partial charge in [-0.05, 0) is 43.2 Å². The fourth-order valence-electron chi connectivity index (χ4n) is 3.82. The second-order valence-electron chi connectivity index (χ2n) is 6.20. The molecule has 2 aliphatic rings. The smallest absolute Gasteiger partial charge is 0.235 e. The number of nitrogens with zero attached hydrogens (tertiary/aromatic N) is 4. The number of hydrogen-bond donors (Lipinski definition) is 1. The van der Waals surface area contributed by atoms with Crippen LogP contribution in [0.15, 0.2) is 35.4 Å². The molecule has 0 aromatic heterocycles. The van der Waals surface area contributed by atoms with Crippen molar-refractivity contribution in [1.29, 1.82) is 0 Å². The van der Waals surface area contributed by atoms with Crippen LogP contribution in [0.25, 0.3) is 10.4 Å². The average Bonchev–Trinajstić information content (AvgIpc) is 2.96. The zero-order chi connectivity index (χ0) is 15.6. The van der Waals surface area contributed by atoms with E-state index in [1.165, 1.54) is 0 Å². The monoisotopic (exact) mass is 300 g/mol. The van der Waals surface area contributed by atoms with Gasteiger partial charge >= 0.3 is 0 Å². The van der Waals surface area contributed by atoms with Gasteiger partial charge in [-0.25, -0.2) is 0 Å². The first-order chi connectivity index (χ1) is 10.7. The molecule has 1 aromatic rings. The van der Waals surface area contributed by atoms with Gasteiger partial charge in [-0.3, -0.25) is 4.79 Å². The van der Waals surface area contributed by atoms with E-state index in [0.717, 1.165) is 24.8 Å². The summed E-state index contributed by atoms with van der Waals surface area (Å²) in [5.41, 5.74) is 8.92. The predicted molar refractivity (Wildman–Crippen MR) is 82.0 cm³/mol. The standard InChI is InChI=1S/C16H20N4O2/c17-19-18-16(10-12-4-2-1-3-5-12)9-8-13-6-7-14(11-21)20(13)15(16)22/h1-5,13-14,21H,6-11H2/t13-,14-,16-/m0/s1. The SMILES string of the molecule is [N-]=[N+]=N[C@]1(Cc2ccccc2)CC[C@@H]2CC[C@@H](CO)N2C1=O. The zero-order valence-corrected chi connectivity index (χ0v) is 12.4. The maximum atomic E-state index is 13.0. The van der Waals surface area contributed by atoms with Crippen LogP contribution in [-0.2, 0) is 11.2 Å². The summed E-state index contributed by atoms with van der Waals surface area (Å²) < 4.78 is 0. The van der Waals surface area contributed by atoms with Crippen LogP contribution >= 0.6 is 0 Å². The zero-order valence-electron chi connectivity index (χ0n) is 12.4. The Bertz CT molecular complexity index is 593. The molecule has 22 heavy (non-hydrogen) atoms. The average molecular weight is 300 g/mol. The van der Waals surface area contributed by atoms with Gasteiger partial charge in [0.25, 0.3) is 0 Å². The fourth-order valence-corrected chi connectivity index (χ4v) is 3.82. The molecule has 6 nitrogen and oxygen atoms in total. The van der Waals surface area contributed by atoms with Crippen molar-refractivity contribution in [2.75, 3.05) is 6.61 Å². The van der Waals surface area contributed by atoms with Gasteiger partial charge in [-0.1, -0.05) is 35.4 Å². The van der Waals surface area contributed by atoms with Crippen LogP contribution in [0.5, 0.6) is 0 Å². The quantitative estimate of drug-likeness (QED) is 0.525. The highest BCUT2D eigenvalue weighted by Crippen LogP contribution is 2.40. The van der Waals surface area contributed by atoms with Crippen LogP contribution in [0.1, 0.15) is 31.2 Å². The van der Waals surface area contributed by atoms with Gasteiger partial charge in [0, 0.05) is 11.0 Å². The van der Waals surface area contributed by atoms with Crippen LogP contribution in [-0.4, -0.2) is 40.1 Å². The van der Waals surface area contributed by atoms with E-state index < -0.39 is 5.54 Å². The summed E-state index contributed by atoms with van der Waals surface area (Å²) in [5.74, 6) is -0.123. The molecule has 1 aromatic carbocycles. The first-order valence-corrected chi connectivity index (χ1v) is 7.74. The molecule has 1 N–H and O–H groups in total. The minimum atomic E-state index is -1.05. The van der Waals surface area contributed by atoms with Crippen molar-refractivity contribution in [3.05, 3.63) is 46.3 Å². The second-order valence-corrected chi connectivity index (χ2v) is 6.20.